The molecule has 0 aliphatic carbocycles. The Morgan fingerprint density at radius 2 is 1.96 bits per heavy atom. The standard InChI is InChI=1S/C21H15ClFN3O2/c1-28-21(27)18-8-4-5-14(24-18)11-16-19-10-9-13(22)12-26(19)25-20(16)15-6-2-3-7-17(15)23/h2-10,12H,11H2,1H3. The molecule has 5 nitrogen and oxygen atoms in total. The molecule has 0 unspecified atom stereocenters. The number of nitrogens with zero attached hydrogens (tertiary/aromatic N) is 3. The second-order valence-electron chi connectivity index (χ2n) is 6.17. The van der Waals surface area contributed by atoms with Crippen LogP contribution in [-0.4, -0.2) is 27.7 Å². The van der Waals surface area contributed by atoms with Crippen molar-refractivity contribution < 1.29 is 13.9 Å². The Bertz CT molecular complexity index is 1190. The number of carbonyl (C=O) groups is 1. The van der Waals surface area contributed by atoms with Crippen LogP contribution in [0.2, 0.25) is 5.02 Å². The average Bonchev–Trinajstić information content (AvgIpc) is 3.05. The van der Waals surface area contributed by atoms with Gasteiger partial charge in [-0.25, -0.2) is 18.7 Å². The van der Waals surface area contributed by atoms with E-state index < -0.39 is 5.97 Å². The van der Waals surface area contributed by atoms with Gasteiger partial charge >= 0.3 is 5.97 Å². The SMILES string of the molecule is COC(=O)c1cccc(Cc2c(-c3ccccc3F)nn3cc(Cl)ccc23)n1. The fourth-order valence-electron chi connectivity index (χ4n) is 3.10. The maximum absolute atomic E-state index is 14.5. The molecule has 0 atom stereocenters. The third-order valence-electron chi connectivity index (χ3n) is 4.38. The predicted octanol–water partition coefficient (Wildman–Crippen LogP) is 4.57. The van der Waals surface area contributed by atoms with Crippen LogP contribution in [0.3, 0.4) is 0 Å². The molecule has 1 aromatic carbocycles. The van der Waals surface area contributed by atoms with Gasteiger partial charge in [-0.3, -0.25) is 0 Å². The number of carbonyl (C=O) groups excluding carboxylic acids is 1. The first-order valence-electron chi connectivity index (χ1n) is 8.52. The van der Waals surface area contributed by atoms with E-state index in [4.69, 9.17) is 16.3 Å². The van der Waals surface area contributed by atoms with Gasteiger partial charge in [0.1, 0.15) is 11.5 Å². The van der Waals surface area contributed by atoms with Gasteiger partial charge in [0.25, 0.3) is 0 Å². The number of esters is 1. The lowest BCUT2D eigenvalue weighted by atomic mass is 10.0. The number of aromatic nitrogens is 3. The van der Waals surface area contributed by atoms with E-state index in [0.717, 1.165) is 11.1 Å². The van der Waals surface area contributed by atoms with Crippen molar-refractivity contribution in [1.29, 1.82) is 0 Å². The minimum atomic E-state index is -0.511. The zero-order valence-electron chi connectivity index (χ0n) is 14.9. The van der Waals surface area contributed by atoms with Crippen molar-refractivity contribution in [3.05, 3.63) is 88.6 Å². The number of pyridine rings is 2. The highest BCUT2D eigenvalue weighted by Gasteiger charge is 2.19. The molecule has 0 radical (unpaired) electrons. The molecule has 0 spiro atoms. The summed E-state index contributed by atoms with van der Waals surface area (Å²) in [5, 5.41) is 5.07. The molecule has 4 rings (SSSR count). The summed E-state index contributed by atoms with van der Waals surface area (Å²) in [6.45, 7) is 0. The number of halogens is 2. The second kappa shape index (κ2) is 7.40. The van der Waals surface area contributed by atoms with E-state index in [1.54, 1.807) is 53.2 Å². The van der Waals surface area contributed by atoms with Crippen molar-refractivity contribution in [1.82, 2.24) is 14.6 Å². The molecular formula is C21H15ClFN3O2. The summed E-state index contributed by atoms with van der Waals surface area (Å²) in [4.78, 5) is 16.2. The minimum absolute atomic E-state index is 0.215. The van der Waals surface area contributed by atoms with Crippen LogP contribution in [0.4, 0.5) is 4.39 Å². The van der Waals surface area contributed by atoms with Crippen LogP contribution in [0.1, 0.15) is 21.7 Å². The van der Waals surface area contributed by atoms with E-state index >= 15 is 0 Å². The number of hydrogen-bond acceptors (Lipinski definition) is 4. The second-order valence-corrected chi connectivity index (χ2v) is 6.60. The van der Waals surface area contributed by atoms with Crippen LogP contribution in [0.15, 0.2) is 60.8 Å². The van der Waals surface area contributed by atoms with Crippen molar-refractivity contribution in [3.63, 3.8) is 0 Å². The van der Waals surface area contributed by atoms with E-state index in [-0.39, 0.29) is 11.5 Å². The van der Waals surface area contributed by atoms with Crippen LogP contribution in [0, 0.1) is 5.82 Å². The van der Waals surface area contributed by atoms with Crippen LogP contribution >= 0.6 is 11.6 Å². The largest absolute Gasteiger partial charge is 0.464 e. The average molecular weight is 396 g/mol. The number of benzene rings is 1. The third kappa shape index (κ3) is 3.34. The minimum Gasteiger partial charge on any atom is -0.464 e. The smallest absolute Gasteiger partial charge is 0.356 e. The highest BCUT2D eigenvalue weighted by atomic mass is 35.5. The van der Waals surface area contributed by atoms with Crippen LogP contribution < -0.4 is 0 Å². The zero-order chi connectivity index (χ0) is 19.7. The molecule has 0 N–H and O–H groups in total. The summed E-state index contributed by atoms with van der Waals surface area (Å²) in [7, 11) is 1.31. The fourth-order valence-corrected chi connectivity index (χ4v) is 3.25. The molecule has 140 valence electrons. The molecule has 0 bridgehead atoms. The Hall–Kier alpha value is -3.25. The van der Waals surface area contributed by atoms with Crippen molar-refractivity contribution in [2.24, 2.45) is 0 Å². The lowest BCUT2D eigenvalue weighted by Crippen LogP contribution is -2.06. The summed E-state index contributed by atoms with van der Waals surface area (Å²) >= 11 is 6.09. The Morgan fingerprint density at radius 1 is 1.14 bits per heavy atom. The Kier molecular flexibility index (Phi) is 4.79. The first-order chi connectivity index (χ1) is 13.6. The van der Waals surface area contributed by atoms with Gasteiger partial charge in [0.05, 0.1) is 23.3 Å². The van der Waals surface area contributed by atoms with Crippen molar-refractivity contribution in [2.45, 2.75) is 6.42 Å². The van der Waals surface area contributed by atoms with Gasteiger partial charge in [-0.05, 0) is 36.4 Å². The molecule has 3 heterocycles. The molecule has 0 aliphatic rings. The monoisotopic (exact) mass is 395 g/mol. The zero-order valence-corrected chi connectivity index (χ0v) is 15.7. The molecule has 0 saturated carbocycles. The summed E-state index contributed by atoms with van der Waals surface area (Å²) in [6, 6.07) is 15.2. The Morgan fingerprint density at radius 3 is 2.75 bits per heavy atom. The van der Waals surface area contributed by atoms with Gasteiger partial charge < -0.3 is 4.74 Å². The number of fused-ring (bicyclic) bond motifs is 1. The number of rotatable bonds is 4. The predicted molar refractivity (Wildman–Crippen MR) is 104 cm³/mol. The molecule has 28 heavy (non-hydrogen) atoms. The van der Waals surface area contributed by atoms with Crippen LogP contribution in [0.5, 0.6) is 0 Å². The number of ether oxygens (including phenoxy) is 1. The van der Waals surface area contributed by atoms with Gasteiger partial charge in [-0.2, -0.15) is 5.10 Å². The molecular weight excluding hydrogens is 381 g/mol. The summed E-state index contributed by atoms with van der Waals surface area (Å²) in [5.74, 6) is -0.877. The van der Waals surface area contributed by atoms with E-state index in [1.165, 1.54) is 13.2 Å². The third-order valence-corrected chi connectivity index (χ3v) is 4.61. The first-order valence-corrected chi connectivity index (χ1v) is 8.90. The van der Waals surface area contributed by atoms with Gasteiger partial charge in [0.15, 0.2) is 0 Å². The van der Waals surface area contributed by atoms with Gasteiger partial charge in [-0.15, -0.1) is 0 Å². The highest BCUT2D eigenvalue weighted by Crippen LogP contribution is 2.30. The van der Waals surface area contributed by atoms with E-state index in [0.29, 0.717) is 28.4 Å². The Balaban J connectivity index is 1.87. The van der Waals surface area contributed by atoms with Crippen molar-refractivity contribution >= 4 is 23.1 Å². The topological polar surface area (TPSA) is 56.5 Å². The molecule has 4 aromatic rings. The van der Waals surface area contributed by atoms with Gasteiger partial charge in [0, 0.05) is 29.4 Å². The van der Waals surface area contributed by atoms with Crippen LogP contribution in [-0.2, 0) is 11.2 Å². The van der Waals surface area contributed by atoms with Crippen molar-refractivity contribution in [2.75, 3.05) is 7.11 Å². The molecule has 7 heteroatoms. The molecule has 3 aromatic heterocycles. The van der Waals surface area contributed by atoms with Crippen molar-refractivity contribution in [3.8, 4) is 11.3 Å². The first kappa shape index (κ1) is 18.1. The quantitative estimate of drug-likeness (QED) is 0.475. The normalized spacial score (nSPS) is 11.0. The summed E-state index contributed by atoms with van der Waals surface area (Å²) in [5.41, 5.74) is 3.33. The van der Waals surface area contributed by atoms with E-state index in [9.17, 15) is 9.18 Å². The molecule has 0 fully saturated rings. The Labute approximate surface area is 165 Å². The molecule has 0 amide bonds. The van der Waals surface area contributed by atoms with Gasteiger partial charge in [-0.1, -0.05) is 29.8 Å². The maximum atomic E-state index is 14.5. The number of hydrogen-bond donors (Lipinski definition) is 0. The van der Waals surface area contributed by atoms with E-state index in [2.05, 4.69) is 10.1 Å². The summed E-state index contributed by atoms with van der Waals surface area (Å²) < 4.78 is 20.8. The van der Waals surface area contributed by atoms with E-state index in [1.807, 2.05) is 6.07 Å². The summed E-state index contributed by atoms with van der Waals surface area (Å²) in [6.07, 6.45) is 2.03. The van der Waals surface area contributed by atoms with Crippen LogP contribution in [0.25, 0.3) is 16.8 Å². The fraction of sp³-hybridized carbons (Fsp3) is 0.0952. The lowest BCUT2D eigenvalue weighted by Gasteiger charge is -2.06. The van der Waals surface area contributed by atoms with Gasteiger partial charge in [0.2, 0.25) is 0 Å². The lowest BCUT2D eigenvalue weighted by molar-refractivity contribution is 0.0593. The highest BCUT2D eigenvalue weighted by molar-refractivity contribution is 6.30. The molecule has 0 saturated heterocycles. The molecule has 0 aliphatic heterocycles. The maximum Gasteiger partial charge on any atom is 0.356 e. The number of methoxy groups -OCH3 is 1.